The van der Waals surface area contributed by atoms with Gasteiger partial charge in [-0.3, -0.25) is 4.68 Å². The van der Waals surface area contributed by atoms with Gasteiger partial charge >= 0.3 is 0 Å². The van der Waals surface area contributed by atoms with Crippen molar-refractivity contribution in [3.05, 3.63) is 30.4 Å². The summed E-state index contributed by atoms with van der Waals surface area (Å²) >= 11 is 0. The highest BCUT2D eigenvalue weighted by atomic mass is 15.3. The van der Waals surface area contributed by atoms with Gasteiger partial charge in [-0.15, -0.1) is 0 Å². The van der Waals surface area contributed by atoms with Crippen molar-refractivity contribution in [2.45, 2.75) is 26.3 Å². The second-order valence-corrected chi connectivity index (χ2v) is 4.99. The number of aryl methyl sites for hydroxylation is 1. The van der Waals surface area contributed by atoms with E-state index in [0.29, 0.717) is 5.92 Å². The minimum absolute atomic E-state index is 0.707. The molecule has 0 saturated carbocycles. The van der Waals surface area contributed by atoms with E-state index >= 15 is 0 Å². The lowest BCUT2D eigenvalue weighted by molar-refractivity contribution is 0.571. The van der Waals surface area contributed by atoms with Gasteiger partial charge in [-0.25, -0.2) is 9.97 Å². The summed E-state index contributed by atoms with van der Waals surface area (Å²) in [5.41, 5.74) is 3.16. The van der Waals surface area contributed by atoms with Gasteiger partial charge in [0.15, 0.2) is 0 Å². The van der Waals surface area contributed by atoms with Crippen LogP contribution in [0, 0.1) is 5.92 Å². The Balaban J connectivity index is 1.83. The van der Waals surface area contributed by atoms with Crippen LogP contribution in [0.2, 0.25) is 0 Å². The van der Waals surface area contributed by atoms with E-state index in [9.17, 15) is 0 Å². The van der Waals surface area contributed by atoms with E-state index in [4.69, 9.17) is 0 Å². The highest BCUT2D eigenvalue weighted by Crippen LogP contribution is 2.19. The molecule has 1 atom stereocenters. The van der Waals surface area contributed by atoms with Crippen LogP contribution >= 0.6 is 0 Å². The Morgan fingerprint density at radius 3 is 3.16 bits per heavy atom. The number of rotatable bonds is 4. The number of nitrogens with zero attached hydrogens (tertiary/aromatic N) is 4. The molecule has 0 aromatic carbocycles. The fourth-order valence-corrected chi connectivity index (χ4v) is 2.64. The molecule has 5 nitrogen and oxygen atoms in total. The van der Waals surface area contributed by atoms with E-state index < -0.39 is 0 Å². The van der Waals surface area contributed by atoms with Crippen LogP contribution in [0.3, 0.4) is 0 Å². The van der Waals surface area contributed by atoms with Gasteiger partial charge in [-0.2, -0.15) is 5.10 Å². The molecule has 0 spiro atoms. The van der Waals surface area contributed by atoms with E-state index in [2.05, 4.69) is 33.4 Å². The lowest BCUT2D eigenvalue weighted by Crippen LogP contribution is -2.11. The van der Waals surface area contributed by atoms with Gasteiger partial charge in [-0.1, -0.05) is 0 Å². The molecule has 100 valence electrons. The van der Waals surface area contributed by atoms with Crippen LogP contribution in [-0.2, 0) is 13.0 Å². The summed E-state index contributed by atoms with van der Waals surface area (Å²) in [6.07, 6.45) is 5.76. The molecule has 1 aliphatic rings. The quantitative estimate of drug-likeness (QED) is 0.902. The molecule has 1 N–H and O–H groups in total. The fourth-order valence-electron chi connectivity index (χ4n) is 2.64. The highest BCUT2D eigenvalue weighted by Gasteiger charge is 2.16. The first-order valence-corrected chi connectivity index (χ1v) is 6.90. The van der Waals surface area contributed by atoms with Gasteiger partial charge in [0, 0.05) is 18.4 Å². The van der Waals surface area contributed by atoms with Crippen molar-refractivity contribution in [2.75, 3.05) is 13.1 Å². The van der Waals surface area contributed by atoms with Crippen molar-refractivity contribution >= 4 is 0 Å². The van der Waals surface area contributed by atoms with Gasteiger partial charge in [0.05, 0.1) is 11.4 Å². The van der Waals surface area contributed by atoms with E-state index in [1.807, 2.05) is 16.9 Å². The maximum absolute atomic E-state index is 4.40. The molecule has 1 saturated heterocycles. The summed E-state index contributed by atoms with van der Waals surface area (Å²) in [7, 11) is 0. The Kier molecular flexibility index (Phi) is 3.55. The minimum atomic E-state index is 0.707. The van der Waals surface area contributed by atoms with Gasteiger partial charge in [0.1, 0.15) is 6.33 Å². The zero-order valence-electron chi connectivity index (χ0n) is 11.2. The topological polar surface area (TPSA) is 55.6 Å². The van der Waals surface area contributed by atoms with Crippen molar-refractivity contribution in [2.24, 2.45) is 5.92 Å². The zero-order chi connectivity index (χ0) is 13.1. The monoisotopic (exact) mass is 257 g/mol. The predicted octanol–water partition coefficient (Wildman–Crippen LogP) is 1.51. The third-order valence-corrected chi connectivity index (χ3v) is 3.66. The average Bonchev–Trinajstić information content (AvgIpc) is 3.09. The molecule has 2 aromatic rings. The zero-order valence-corrected chi connectivity index (χ0v) is 11.2. The molecular formula is C14H19N5. The average molecular weight is 257 g/mol. The van der Waals surface area contributed by atoms with Crippen LogP contribution in [-0.4, -0.2) is 32.8 Å². The standard InChI is InChI=1S/C14H19N5/c1-2-19-14(4-6-18-19)13-8-12(16-10-17-13)7-11-3-5-15-9-11/h4,6,8,10-11,15H,2-3,5,7,9H2,1H3/t11-/m1/s1. The van der Waals surface area contributed by atoms with E-state index in [1.54, 1.807) is 6.33 Å². The lowest BCUT2D eigenvalue weighted by atomic mass is 10.0. The van der Waals surface area contributed by atoms with Gasteiger partial charge < -0.3 is 5.32 Å². The maximum atomic E-state index is 4.40. The maximum Gasteiger partial charge on any atom is 0.116 e. The molecule has 1 aliphatic heterocycles. The fraction of sp³-hybridized carbons (Fsp3) is 0.500. The molecule has 2 aromatic heterocycles. The van der Waals surface area contributed by atoms with Crippen LogP contribution in [0.1, 0.15) is 19.0 Å². The molecule has 0 unspecified atom stereocenters. The van der Waals surface area contributed by atoms with Crippen molar-refractivity contribution in [3.8, 4) is 11.4 Å². The van der Waals surface area contributed by atoms with Crippen molar-refractivity contribution in [1.82, 2.24) is 25.1 Å². The summed E-state index contributed by atoms with van der Waals surface area (Å²) < 4.78 is 1.96. The largest absolute Gasteiger partial charge is 0.316 e. The summed E-state index contributed by atoms with van der Waals surface area (Å²) in [6.45, 7) is 5.18. The molecule has 5 heteroatoms. The summed E-state index contributed by atoms with van der Waals surface area (Å²) in [6, 6.07) is 4.11. The second kappa shape index (κ2) is 5.48. The van der Waals surface area contributed by atoms with E-state index in [1.165, 1.54) is 6.42 Å². The van der Waals surface area contributed by atoms with Gasteiger partial charge in [0.25, 0.3) is 0 Å². The van der Waals surface area contributed by atoms with Gasteiger partial charge in [-0.05, 0) is 50.9 Å². The SMILES string of the molecule is CCn1nccc1-c1cc(C[C@H]2CCNC2)ncn1. The number of hydrogen-bond acceptors (Lipinski definition) is 4. The van der Waals surface area contributed by atoms with Crippen LogP contribution < -0.4 is 5.32 Å². The highest BCUT2D eigenvalue weighted by molar-refractivity contribution is 5.54. The predicted molar refractivity (Wildman–Crippen MR) is 73.6 cm³/mol. The third kappa shape index (κ3) is 2.66. The Bertz CT molecular complexity index is 542. The van der Waals surface area contributed by atoms with Gasteiger partial charge in [0.2, 0.25) is 0 Å². The Hall–Kier alpha value is -1.75. The smallest absolute Gasteiger partial charge is 0.116 e. The van der Waals surface area contributed by atoms with Crippen LogP contribution in [0.4, 0.5) is 0 Å². The molecule has 0 bridgehead atoms. The third-order valence-electron chi connectivity index (χ3n) is 3.66. The number of hydrogen-bond donors (Lipinski definition) is 1. The molecule has 1 fully saturated rings. The molecule has 0 amide bonds. The Morgan fingerprint density at radius 2 is 2.37 bits per heavy atom. The summed E-state index contributed by atoms with van der Waals surface area (Å²) in [4.78, 5) is 8.78. The normalized spacial score (nSPS) is 18.9. The summed E-state index contributed by atoms with van der Waals surface area (Å²) in [5.74, 6) is 0.707. The van der Waals surface area contributed by atoms with Crippen LogP contribution in [0.25, 0.3) is 11.4 Å². The van der Waals surface area contributed by atoms with Crippen LogP contribution in [0.5, 0.6) is 0 Å². The van der Waals surface area contributed by atoms with Crippen LogP contribution in [0.15, 0.2) is 24.7 Å². The van der Waals surface area contributed by atoms with Crippen molar-refractivity contribution < 1.29 is 0 Å². The summed E-state index contributed by atoms with van der Waals surface area (Å²) in [5, 5.41) is 7.69. The van der Waals surface area contributed by atoms with E-state index in [-0.39, 0.29) is 0 Å². The molecule has 3 rings (SSSR count). The molecule has 19 heavy (non-hydrogen) atoms. The first-order chi connectivity index (χ1) is 9.36. The van der Waals surface area contributed by atoms with Crippen molar-refractivity contribution in [3.63, 3.8) is 0 Å². The second-order valence-electron chi connectivity index (χ2n) is 4.99. The van der Waals surface area contributed by atoms with E-state index in [0.717, 1.165) is 43.1 Å². The number of nitrogens with one attached hydrogen (secondary N) is 1. The first kappa shape index (κ1) is 12.3. The molecule has 0 radical (unpaired) electrons. The lowest BCUT2D eigenvalue weighted by Gasteiger charge is -2.09. The molecule has 0 aliphatic carbocycles. The Morgan fingerprint density at radius 1 is 1.42 bits per heavy atom. The van der Waals surface area contributed by atoms with Crippen molar-refractivity contribution in [1.29, 1.82) is 0 Å². The number of aromatic nitrogens is 4. The molecular weight excluding hydrogens is 238 g/mol. The molecule has 3 heterocycles. The first-order valence-electron chi connectivity index (χ1n) is 6.90. The minimum Gasteiger partial charge on any atom is -0.316 e. The Labute approximate surface area is 113 Å².